The lowest BCUT2D eigenvalue weighted by Gasteiger charge is -2.06. The van der Waals surface area contributed by atoms with E-state index in [0.29, 0.717) is 12.8 Å². The van der Waals surface area contributed by atoms with Crippen LogP contribution in [0.4, 0.5) is 0 Å². The van der Waals surface area contributed by atoms with Gasteiger partial charge in [0.05, 0.1) is 6.54 Å². The van der Waals surface area contributed by atoms with Gasteiger partial charge < -0.3 is 5.32 Å². The standard InChI is InChI=1S/C15H27NO2/c17-14-11-9-7-5-3-1-2-4-6-8-10-12-15(18)16-13-14/h1-13H2,(H,16,18). The van der Waals surface area contributed by atoms with Crippen molar-refractivity contribution in [1.82, 2.24) is 5.32 Å². The van der Waals surface area contributed by atoms with Gasteiger partial charge in [0.1, 0.15) is 0 Å². The zero-order chi connectivity index (χ0) is 13.1. The van der Waals surface area contributed by atoms with Gasteiger partial charge in [0.15, 0.2) is 5.78 Å². The molecule has 104 valence electrons. The fraction of sp³-hybridized carbons (Fsp3) is 0.867. The van der Waals surface area contributed by atoms with Gasteiger partial charge in [-0.2, -0.15) is 0 Å². The SMILES string of the molecule is O=C1CCCCCCCCCCCCC(=O)NC1. The van der Waals surface area contributed by atoms with Crippen LogP contribution in [0.3, 0.4) is 0 Å². The number of amides is 1. The fourth-order valence-corrected chi connectivity index (χ4v) is 2.40. The first-order chi connectivity index (χ1) is 8.79. The maximum Gasteiger partial charge on any atom is 0.220 e. The van der Waals surface area contributed by atoms with Gasteiger partial charge in [-0.25, -0.2) is 0 Å². The van der Waals surface area contributed by atoms with Crippen LogP contribution in [0.5, 0.6) is 0 Å². The number of rotatable bonds is 0. The van der Waals surface area contributed by atoms with Gasteiger partial charge in [-0.3, -0.25) is 9.59 Å². The van der Waals surface area contributed by atoms with E-state index in [-0.39, 0.29) is 18.2 Å². The molecule has 0 aliphatic carbocycles. The molecule has 1 rings (SSSR count). The largest absolute Gasteiger partial charge is 0.349 e. The van der Waals surface area contributed by atoms with Crippen molar-refractivity contribution in [2.45, 2.75) is 77.0 Å². The number of hydrogen-bond acceptors (Lipinski definition) is 2. The highest BCUT2D eigenvalue weighted by molar-refractivity contribution is 5.85. The van der Waals surface area contributed by atoms with Crippen LogP contribution in [0.1, 0.15) is 77.0 Å². The molecule has 3 heteroatoms. The van der Waals surface area contributed by atoms with Crippen LogP contribution in [0.15, 0.2) is 0 Å². The van der Waals surface area contributed by atoms with Gasteiger partial charge in [-0.05, 0) is 12.8 Å². The summed E-state index contributed by atoms with van der Waals surface area (Å²) >= 11 is 0. The van der Waals surface area contributed by atoms with Crippen molar-refractivity contribution in [1.29, 1.82) is 0 Å². The highest BCUT2D eigenvalue weighted by atomic mass is 16.2. The van der Waals surface area contributed by atoms with Crippen molar-refractivity contribution in [3.63, 3.8) is 0 Å². The Morgan fingerprint density at radius 2 is 1.06 bits per heavy atom. The van der Waals surface area contributed by atoms with E-state index in [1.165, 1.54) is 38.5 Å². The molecule has 1 saturated heterocycles. The highest BCUT2D eigenvalue weighted by Crippen LogP contribution is 2.12. The van der Waals surface area contributed by atoms with Crippen LogP contribution in [-0.4, -0.2) is 18.2 Å². The number of Topliss-reactive ketones (excluding diaryl/α,β-unsaturated/α-hetero) is 1. The Kier molecular flexibility index (Phi) is 8.53. The Balaban J connectivity index is 2.23. The van der Waals surface area contributed by atoms with Gasteiger partial charge >= 0.3 is 0 Å². The molecule has 0 aromatic carbocycles. The molecule has 3 nitrogen and oxygen atoms in total. The molecule has 0 aromatic rings. The molecule has 1 fully saturated rings. The van der Waals surface area contributed by atoms with Crippen LogP contribution in [0, 0.1) is 0 Å². The Bertz CT molecular complexity index is 225. The van der Waals surface area contributed by atoms with Gasteiger partial charge in [0.25, 0.3) is 0 Å². The van der Waals surface area contributed by atoms with Crippen molar-refractivity contribution in [3.05, 3.63) is 0 Å². The fourth-order valence-electron chi connectivity index (χ4n) is 2.40. The van der Waals surface area contributed by atoms with E-state index in [1.54, 1.807) is 0 Å². The van der Waals surface area contributed by atoms with Gasteiger partial charge in [-0.15, -0.1) is 0 Å². The zero-order valence-electron chi connectivity index (χ0n) is 11.5. The van der Waals surface area contributed by atoms with E-state index < -0.39 is 0 Å². The Hall–Kier alpha value is -0.860. The van der Waals surface area contributed by atoms with Crippen molar-refractivity contribution < 1.29 is 9.59 Å². The molecule has 0 radical (unpaired) electrons. The van der Waals surface area contributed by atoms with Gasteiger partial charge in [0, 0.05) is 12.8 Å². The summed E-state index contributed by atoms with van der Waals surface area (Å²) in [7, 11) is 0. The number of hydrogen-bond donors (Lipinski definition) is 1. The van der Waals surface area contributed by atoms with Crippen LogP contribution in [-0.2, 0) is 9.59 Å². The van der Waals surface area contributed by atoms with Crippen LogP contribution < -0.4 is 5.32 Å². The molecule has 1 aliphatic heterocycles. The topological polar surface area (TPSA) is 46.2 Å². The van der Waals surface area contributed by atoms with Gasteiger partial charge in [0.2, 0.25) is 5.91 Å². The van der Waals surface area contributed by atoms with Gasteiger partial charge in [-0.1, -0.05) is 51.4 Å². The molecule has 0 atom stereocenters. The molecule has 1 aliphatic rings. The van der Waals surface area contributed by atoms with E-state index in [4.69, 9.17) is 0 Å². The molecule has 1 N–H and O–H groups in total. The summed E-state index contributed by atoms with van der Waals surface area (Å²) < 4.78 is 0. The molecule has 0 spiro atoms. The minimum atomic E-state index is 0.0374. The zero-order valence-corrected chi connectivity index (χ0v) is 11.5. The van der Waals surface area contributed by atoms with E-state index >= 15 is 0 Å². The number of carbonyl (C=O) groups is 2. The van der Waals surface area contributed by atoms with Crippen molar-refractivity contribution in [2.75, 3.05) is 6.54 Å². The quantitative estimate of drug-likeness (QED) is 0.719. The monoisotopic (exact) mass is 253 g/mol. The normalized spacial score (nSPS) is 22.4. The molecule has 0 aromatic heterocycles. The summed E-state index contributed by atoms with van der Waals surface area (Å²) in [5, 5.41) is 2.73. The smallest absolute Gasteiger partial charge is 0.220 e. The number of ketones is 1. The summed E-state index contributed by atoms with van der Waals surface area (Å²) in [6.45, 7) is 0.235. The van der Waals surface area contributed by atoms with Crippen LogP contribution >= 0.6 is 0 Å². The molecule has 0 unspecified atom stereocenters. The van der Waals surface area contributed by atoms with Crippen molar-refractivity contribution in [2.24, 2.45) is 0 Å². The number of nitrogens with one attached hydrogen (secondary N) is 1. The lowest BCUT2D eigenvalue weighted by atomic mass is 10.0. The third-order valence-corrected chi connectivity index (χ3v) is 3.59. The third-order valence-electron chi connectivity index (χ3n) is 3.59. The molecular weight excluding hydrogens is 226 g/mol. The van der Waals surface area contributed by atoms with E-state index in [2.05, 4.69) is 5.32 Å². The van der Waals surface area contributed by atoms with Crippen LogP contribution in [0.2, 0.25) is 0 Å². The third kappa shape index (κ3) is 8.26. The summed E-state index contributed by atoms with van der Waals surface area (Å²) in [6, 6.07) is 0. The van der Waals surface area contributed by atoms with Crippen molar-refractivity contribution >= 4 is 11.7 Å². The number of carbonyl (C=O) groups excluding carboxylic acids is 2. The molecule has 1 heterocycles. The molecule has 0 saturated carbocycles. The summed E-state index contributed by atoms with van der Waals surface area (Å²) in [4.78, 5) is 23.0. The summed E-state index contributed by atoms with van der Waals surface area (Å²) in [6.07, 6.45) is 13.2. The van der Waals surface area contributed by atoms with E-state index in [0.717, 1.165) is 25.7 Å². The predicted molar refractivity (Wildman–Crippen MR) is 73.4 cm³/mol. The average molecular weight is 253 g/mol. The molecular formula is C15H27NO2. The summed E-state index contributed by atoms with van der Waals surface area (Å²) in [5.41, 5.74) is 0. The van der Waals surface area contributed by atoms with Crippen molar-refractivity contribution in [3.8, 4) is 0 Å². The second kappa shape index (κ2) is 10.1. The highest BCUT2D eigenvalue weighted by Gasteiger charge is 2.06. The Morgan fingerprint density at radius 3 is 1.61 bits per heavy atom. The second-order valence-corrected chi connectivity index (χ2v) is 5.35. The maximum atomic E-state index is 11.5. The Labute approximate surface area is 111 Å². The van der Waals surface area contributed by atoms with Crippen LogP contribution in [0.25, 0.3) is 0 Å². The lowest BCUT2D eigenvalue weighted by molar-refractivity contribution is -0.125. The van der Waals surface area contributed by atoms with E-state index in [1.807, 2.05) is 0 Å². The molecule has 18 heavy (non-hydrogen) atoms. The summed E-state index contributed by atoms with van der Waals surface area (Å²) in [5.74, 6) is 0.214. The molecule has 1 amide bonds. The first kappa shape index (κ1) is 15.2. The molecule has 0 bridgehead atoms. The first-order valence-electron chi connectivity index (χ1n) is 7.57. The first-order valence-corrected chi connectivity index (χ1v) is 7.57. The second-order valence-electron chi connectivity index (χ2n) is 5.35. The Morgan fingerprint density at radius 1 is 0.611 bits per heavy atom. The van der Waals surface area contributed by atoms with E-state index in [9.17, 15) is 9.59 Å². The maximum absolute atomic E-state index is 11.5. The lowest BCUT2D eigenvalue weighted by Crippen LogP contribution is -2.29. The predicted octanol–water partition coefficient (Wildman–Crippen LogP) is 3.37. The average Bonchev–Trinajstić information content (AvgIpc) is 2.36. The minimum Gasteiger partial charge on any atom is -0.349 e. The minimum absolute atomic E-state index is 0.0374.